The van der Waals surface area contributed by atoms with Crippen LogP contribution in [0.25, 0.3) is 11.3 Å². The van der Waals surface area contributed by atoms with Crippen LogP contribution in [0.15, 0.2) is 59.7 Å². The zero-order chi connectivity index (χ0) is 17.8. The summed E-state index contributed by atoms with van der Waals surface area (Å²) in [7, 11) is 0. The topological polar surface area (TPSA) is 89.8 Å². The molecular weight excluding hydrogens is 318 g/mol. The third-order valence-electron chi connectivity index (χ3n) is 3.72. The summed E-state index contributed by atoms with van der Waals surface area (Å²) >= 11 is 0. The van der Waals surface area contributed by atoms with Crippen molar-refractivity contribution in [1.82, 2.24) is 19.7 Å². The molecule has 7 heteroatoms. The number of amides is 1. The molecule has 1 N–H and O–H groups in total. The summed E-state index contributed by atoms with van der Waals surface area (Å²) in [6, 6.07) is 11.7. The molecule has 3 rings (SSSR count). The molecule has 1 unspecified atom stereocenters. The van der Waals surface area contributed by atoms with Gasteiger partial charge < -0.3 is 0 Å². The van der Waals surface area contributed by atoms with Gasteiger partial charge in [0.25, 0.3) is 11.5 Å². The van der Waals surface area contributed by atoms with Crippen LogP contribution in [-0.4, -0.2) is 25.7 Å². The lowest BCUT2D eigenvalue weighted by molar-refractivity contribution is -0.119. The van der Waals surface area contributed by atoms with Crippen LogP contribution in [0.4, 0.5) is 5.95 Å². The quantitative estimate of drug-likeness (QED) is 0.789. The lowest BCUT2D eigenvalue weighted by Gasteiger charge is -2.14. The predicted molar refractivity (Wildman–Crippen MR) is 94.0 cm³/mol. The second-order valence-electron chi connectivity index (χ2n) is 5.61. The summed E-state index contributed by atoms with van der Waals surface area (Å²) in [4.78, 5) is 32.4. The molecule has 126 valence electrons. The summed E-state index contributed by atoms with van der Waals surface area (Å²) in [5.41, 5.74) is 2.27. The Kier molecular flexibility index (Phi) is 4.65. The van der Waals surface area contributed by atoms with Gasteiger partial charge in [0, 0.05) is 24.0 Å². The Morgan fingerprint density at radius 3 is 2.44 bits per heavy atom. The normalized spacial score (nSPS) is 11.8. The van der Waals surface area contributed by atoms with Crippen molar-refractivity contribution in [2.45, 2.75) is 19.9 Å². The Hall–Kier alpha value is -3.35. The zero-order valence-electron chi connectivity index (χ0n) is 13.9. The Morgan fingerprint density at radius 2 is 1.76 bits per heavy atom. The number of carbonyl (C=O) groups excluding carboxylic acids is 1. The molecule has 0 aliphatic carbocycles. The fourth-order valence-electron chi connectivity index (χ4n) is 2.27. The predicted octanol–water partition coefficient (Wildman–Crippen LogP) is 2.21. The second-order valence-corrected chi connectivity index (χ2v) is 5.61. The third kappa shape index (κ3) is 3.77. The summed E-state index contributed by atoms with van der Waals surface area (Å²) in [6.07, 6.45) is 3.05. The van der Waals surface area contributed by atoms with Crippen molar-refractivity contribution < 1.29 is 4.79 Å². The first-order valence-electron chi connectivity index (χ1n) is 7.79. The van der Waals surface area contributed by atoms with Crippen molar-refractivity contribution in [2.24, 2.45) is 0 Å². The minimum atomic E-state index is -0.804. The van der Waals surface area contributed by atoms with Crippen LogP contribution in [0, 0.1) is 6.92 Å². The molecule has 2 aromatic heterocycles. The molecule has 3 aromatic rings. The van der Waals surface area contributed by atoms with E-state index in [0.29, 0.717) is 5.69 Å². The SMILES string of the molecule is Cc1ccc(-c2ccc(=O)n(C(C)C(=O)Nc3ncccn3)n2)cc1. The highest BCUT2D eigenvalue weighted by Gasteiger charge is 2.19. The van der Waals surface area contributed by atoms with Crippen LogP contribution in [0.1, 0.15) is 18.5 Å². The highest BCUT2D eigenvalue weighted by atomic mass is 16.2. The molecule has 25 heavy (non-hydrogen) atoms. The van der Waals surface area contributed by atoms with Crippen molar-refractivity contribution in [2.75, 3.05) is 5.32 Å². The number of carbonyl (C=O) groups is 1. The van der Waals surface area contributed by atoms with Crippen molar-refractivity contribution >= 4 is 11.9 Å². The Balaban J connectivity index is 1.88. The molecule has 7 nitrogen and oxygen atoms in total. The molecular formula is C18H17N5O2. The number of benzene rings is 1. The number of hydrogen-bond donors (Lipinski definition) is 1. The van der Waals surface area contributed by atoms with Crippen molar-refractivity contribution in [1.29, 1.82) is 0 Å². The average Bonchev–Trinajstić information content (AvgIpc) is 2.63. The molecule has 0 aliphatic rings. The molecule has 1 aromatic carbocycles. The summed E-state index contributed by atoms with van der Waals surface area (Å²) < 4.78 is 1.16. The maximum Gasteiger partial charge on any atom is 0.267 e. The summed E-state index contributed by atoms with van der Waals surface area (Å²) in [5, 5.41) is 6.91. The Morgan fingerprint density at radius 1 is 1.08 bits per heavy atom. The van der Waals surface area contributed by atoms with E-state index in [-0.39, 0.29) is 11.5 Å². The lowest BCUT2D eigenvalue weighted by atomic mass is 10.1. The first kappa shape index (κ1) is 16.5. The van der Waals surface area contributed by atoms with E-state index in [1.807, 2.05) is 31.2 Å². The molecule has 1 atom stereocenters. The zero-order valence-corrected chi connectivity index (χ0v) is 13.9. The number of rotatable bonds is 4. The van der Waals surface area contributed by atoms with Crippen LogP contribution < -0.4 is 10.9 Å². The molecule has 0 spiro atoms. The molecule has 0 radical (unpaired) electrons. The van der Waals surface area contributed by atoms with Gasteiger partial charge in [-0.05, 0) is 26.0 Å². The maximum atomic E-state index is 12.4. The van der Waals surface area contributed by atoms with Crippen molar-refractivity contribution in [3.8, 4) is 11.3 Å². The lowest BCUT2D eigenvalue weighted by Crippen LogP contribution is -2.33. The minimum Gasteiger partial charge on any atom is -0.293 e. The molecule has 0 aliphatic heterocycles. The number of nitrogens with one attached hydrogen (secondary N) is 1. The smallest absolute Gasteiger partial charge is 0.267 e. The molecule has 0 saturated carbocycles. The van der Waals surface area contributed by atoms with Crippen LogP contribution >= 0.6 is 0 Å². The molecule has 0 saturated heterocycles. The van der Waals surface area contributed by atoms with Gasteiger partial charge in [-0.25, -0.2) is 14.6 Å². The van der Waals surface area contributed by atoms with Gasteiger partial charge in [-0.2, -0.15) is 5.10 Å². The van der Waals surface area contributed by atoms with E-state index < -0.39 is 11.9 Å². The molecule has 0 fully saturated rings. The molecule has 1 amide bonds. The second kappa shape index (κ2) is 7.04. The van der Waals surface area contributed by atoms with E-state index in [1.54, 1.807) is 19.1 Å². The fourth-order valence-corrected chi connectivity index (χ4v) is 2.27. The maximum absolute atomic E-state index is 12.4. The van der Waals surface area contributed by atoms with Gasteiger partial charge in [0.05, 0.1) is 5.69 Å². The summed E-state index contributed by atoms with van der Waals surface area (Å²) in [5.74, 6) is -0.232. The van der Waals surface area contributed by atoms with Crippen LogP contribution in [0.2, 0.25) is 0 Å². The van der Waals surface area contributed by atoms with Gasteiger partial charge in [-0.1, -0.05) is 29.8 Å². The largest absolute Gasteiger partial charge is 0.293 e. The third-order valence-corrected chi connectivity index (χ3v) is 3.72. The van der Waals surface area contributed by atoms with E-state index in [4.69, 9.17) is 0 Å². The minimum absolute atomic E-state index is 0.182. The first-order chi connectivity index (χ1) is 12.0. The fraction of sp³-hybridized carbons (Fsp3) is 0.167. The van der Waals surface area contributed by atoms with E-state index in [0.717, 1.165) is 15.8 Å². The van der Waals surface area contributed by atoms with Crippen molar-refractivity contribution in [3.63, 3.8) is 0 Å². The van der Waals surface area contributed by atoms with Gasteiger partial charge in [-0.3, -0.25) is 14.9 Å². The van der Waals surface area contributed by atoms with Crippen LogP contribution in [0.3, 0.4) is 0 Å². The van der Waals surface area contributed by atoms with Crippen LogP contribution in [0.5, 0.6) is 0 Å². The molecule has 2 heterocycles. The Labute approximate surface area is 144 Å². The van der Waals surface area contributed by atoms with Crippen molar-refractivity contribution in [3.05, 3.63) is 70.8 Å². The average molecular weight is 335 g/mol. The molecule has 0 bridgehead atoms. The number of aryl methyl sites for hydroxylation is 1. The van der Waals surface area contributed by atoms with E-state index in [9.17, 15) is 9.59 Å². The highest BCUT2D eigenvalue weighted by Crippen LogP contribution is 2.17. The number of nitrogens with zero attached hydrogens (tertiary/aromatic N) is 4. The van der Waals surface area contributed by atoms with Gasteiger partial charge in [0.2, 0.25) is 5.95 Å². The van der Waals surface area contributed by atoms with Crippen LogP contribution in [-0.2, 0) is 4.79 Å². The first-order valence-corrected chi connectivity index (χ1v) is 7.79. The Bertz CT molecular complexity index is 936. The highest BCUT2D eigenvalue weighted by molar-refractivity contribution is 5.91. The van der Waals surface area contributed by atoms with E-state index >= 15 is 0 Å². The standard InChI is InChI=1S/C18H17N5O2/c1-12-4-6-14(7-5-12)15-8-9-16(24)23(22-15)13(2)17(25)21-18-19-10-3-11-20-18/h3-11,13H,1-2H3,(H,19,20,21,25). The van der Waals surface area contributed by atoms with Gasteiger partial charge in [0.1, 0.15) is 6.04 Å². The monoisotopic (exact) mass is 335 g/mol. The number of aromatic nitrogens is 4. The summed E-state index contributed by atoms with van der Waals surface area (Å²) in [6.45, 7) is 3.60. The number of hydrogen-bond acceptors (Lipinski definition) is 5. The van der Waals surface area contributed by atoms with Gasteiger partial charge >= 0.3 is 0 Å². The number of anilines is 1. The van der Waals surface area contributed by atoms with E-state index in [2.05, 4.69) is 20.4 Å². The van der Waals surface area contributed by atoms with Gasteiger partial charge in [0.15, 0.2) is 0 Å². The van der Waals surface area contributed by atoms with E-state index in [1.165, 1.54) is 18.5 Å². The van der Waals surface area contributed by atoms with Gasteiger partial charge in [-0.15, -0.1) is 0 Å².